The number of ether oxygens (including phenoxy) is 1. The van der Waals surface area contributed by atoms with Crippen LogP contribution in [0.3, 0.4) is 0 Å². The molecule has 0 saturated heterocycles. The Morgan fingerprint density at radius 2 is 2.05 bits per heavy atom. The molecule has 0 spiro atoms. The fourth-order valence-electron chi connectivity index (χ4n) is 1.47. The summed E-state index contributed by atoms with van der Waals surface area (Å²) in [4.78, 5) is 26.8. The van der Waals surface area contributed by atoms with Gasteiger partial charge in [-0.15, -0.1) is 0 Å². The molecule has 3 N–H and O–H groups in total. The zero-order valence-corrected chi connectivity index (χ0v) is 12.4. The van der Waals surface area contributed by atoms with Crippen LogP contribution in [0.2, 0.25) is 0 Å². The second-order valence-corrected chi connectivity index (χ2v) is 4.36. The maximum absolute atomic E-state index is 11.4. The molecule has 0 aliphatic rings. The number of unbranched alkanes of at least 4 members (excludes halogenated alkanes) is 1. The van der Waals surface area contributed by atoms with Crippen LogP contribution in [0, 0.1) is 0 Å². The molecule has 0 atom stereocenters. The van der Waals surface area contributed by atoms with Crippen LogP contribution in [-0.4, -0.2) is 36.6 Å². The van der Waals surface area contributed by atoms with Gasteiger partial charge in [0.25, 0.3) is 5.91 Å². The number of carbonyl (C=O) groups is 2. The molecule has 0 saturated carbocycles. The number of nitrogens with zero attached hydrogens (tertiary/aromatic N) is 1. The molecular formula is C14H22N4O3. The van der Waals surface area contributed by atoms with Crippen LogP contribution in [-0.2, 0) is 4.79 Å². The number of hydrogen-bond donors (Lipinski definition) is 3. The highest BCUT2D eigenvalue weighted by Gasteiger charge is 2.04. The molecule has 1 aromatic heterocycles. The monoisotopic (exact) mass is 294 g/mol. The minimum atomic E-state index is -0.289. The number of rotatable bonds is 8. The molecule has 7 nitrogen and oxygen atoms in total. The minimum absolute atomic E-state index is 0.0696. The third-order valence-corrected chi connectivity index (χ3v) is 2.54. The normalized spacial score (nSPS) is 9.81. The van der Waals surface area contributed by atoms with Gasteiger partial charge in [0.05, 0.1) is 11.9 Å². The number of amides is 3. The molecule has 0 aromatic carbocycles. The number of urea groups is 1. The predicted octanol–water partition coefficient (Wildman–Crippen LogP) is 1.52. The lowest BCUT2D eigenvalue weighted by Crippen LogP contribution is -2.29. The van der Waals surface area contributed by atoms with Crippen LogP contribution in [0.4, 0.5) is 10.5 Å². The number of carbonyl (C=O) groups excluding carboxylic acids is 2. The first-order chi connectivity index (χ1) is 10.2. The summed E-state index contributed by atoms with van der Waals surface area (Å²) in [5.41, 5.74) is 0.556. The standard InChI is InChI=1S/C14H22N4O3/c1-3-5-8-16-12(19)10-21-13-7-6-11(9-17-13)18-14(20)15-4-2/h6-7,9H,3-5,8,10H2,1-2H3,(H,16,19)(H2,15,18,20). The fourth-order valence-corrected chi connectivity index (χ4v) is 1.47. The SMILES string of the molecule is CCCCNC(=O)COc1ccc(NC(=O)NCC)cn1. The van der Waals surface area contributed by atoms with Gasteiger partial charge in [0.1, 0.15) is 0 Å². The van der Waals surface area contributed by atoms with E-state index in [-0.39, 0.29) is 18.5 Å². The van der Waals surface area contributed by atoms with E-state index < -0.39 is 0 Å². The van der Waals surface area contributed by atoms with E-state index in [1.807, 2.05) is 6.92 Å². The molecule has 0 fully saturated rings. The summed E-state index contributed by atoms with van der Waals surface area (Å²) >= 11 is 0. The molecule has 21 heavy (non-hydrogen) atoms. The summed E-state index contributed by atoms with van der Waals surface area (Å²) in [6.07, 6.45) is 3.45. The summed E-state index contributed by atoms with van der Waals surface area (Å²) < 4.78 is 5.25. The van der Waals surface area contributed by atoms with Gasteiger partial charge in [-0.3, -0.25) is 4.79 Å². The Bertz CT molecular complexity index is 448. The summed E-state index contributed by atoms with van der Waals surface area (Å²) in [5, 5.41) is 7.98. The molecule has 0 aliphatic carbocycles. The first-order valence-electron chi connectivity index (χ1n) is 7.06. The lowest BCUT2D eigenvalue weighted by atomic mass is 10.3. The van der Waals surface area contributed by atoms with Crippen molar-refractivity contribution in [2.75, 3.05) is 25.0 Å². The second kappa shape index (κ2) is 9.57. The highest BCUT2D eigenvalue weighted by atomic mass is 16.5. The summed E-state index contributed by atoms with van der Waals surface area (Å²) in [6.45, 7) is 5.03. The number of nitrogens with one attached hydrogen (secondary N) is 3. The van der Waals surface area contributed by atoms with Crippen molar-refractivity contribution >= 4 is 17.6 Å². The molecule has 0 radical (unpaired) electrons. The van der Waals surface area contributed by atoms with Crippen LogP contribution in [0.5, 0.6) is 5.88 Å². The largest absolute Gasteiger partial charge is 0.468 e. The Kier molecular flexibility index (Phi) is 7.63. The molecule has 1 rings (SSSR count). The van der Waals surface area contributed by atoms with Gasteiger partial charge in [0, 0.05) is 19.2 Å². The van der Waals surface area contributed by atoms with Gasteiger partial charge in [-0.1, -0.05) is 13.3 Å². The van der Waals surface area contributed by atoms with Gasteiger partial charge in [-0.2, -0.15) is 0 Å². The van der Waals surface area contributed by atoms with Crippen LogP contribution < -0.4 is 20.7 Å². The highest BCUT2D eigenvalue weighted by molar-refractivity contribution is 5.88. The molecule has 1 aromatic rings. The van der Waals surface area contributed by atoms with Crippen molar-refractivity contribution in [1.29, 1.82) is 0 Å². The third kappa shape index (κ3) is 7.14. The first kappa shape index (κ1) is 16.7. The van der Waals surface area contributed by atoms with Crippen LogP contribution >= 0.6 is 0 Å². The quantitative estimate of drug-likeness (QED) is 0.634. The molecule has 0 bridgehead atoms. The van der Waals surface area contributed by atoms with Crippen molar-refractivity contribution in [3.8, 4) is 5.88 Å². The molecule has 0 unspecified atom stereocenters. The van der Waals surface area contributed by atoms with Gasteiger partial charge in [0.2, 0.25) is 5.88 Å². The Balaban J connectivity index is 2.33. The average Bonchev–Trinajstić information content (AvgIpc) is 2.47. The van der Waals surface area contributed by atoms with Crippen LogP contribution in [0.15, 0.2) is 18.3 Å². The average molecular weight is 294 g/mol. The van der Waals surface area contributed by atoms with Crippen molar-refractivity contribution in [3.63, 3.8) is 0 Å². The predicted molar refractivity (Wildman–Crippen MR) is 80.3 cm³/mol. The Morgan fingerprint density at radius 3 is 2.67 bits per heavy atom. The van der Waals surface area contributed by atoms with E-state index in [1.54, 1.807) is 12.1 Å². The van der Waals surface area contributed by atoms with E-state index >= 15 is 0 Å². The van der Waals surface area contributed by atoms with E-state index in [0.717, 1.165) is 12.8 Å². The Labute approximate surface area is 124 Å². The van der Waals surface area contributed by atoms with Gasteiger partial charge < -0.3 is 20.7 Å². The number of pyridine rings is 1. The summed E-state index contributed by atoms with van der Waals surface area (Å²) in [5.74, 6) is 0.164. The third-order valence-electron chi connectivity index (χ3n) is 2.54. The second-order valence-electron chi connectivity index (χ2n) is 4.36. The van der Waals surface area contributed by atoms with Crippen LogP contribution in [0.25, 0.3) is 0 Å². The maximum atomic E-state index is 11.4. The zero-order chi connectivity index (χ0) is 15.5. The van der Waals surface area contributed by atoms with Crippen molar-refractivity contribution < 1.29 is 14.3 Å². The number of hydrogen-bond acceptors (Lipinski definition) is 4. The van der Waals surface area contributed by atoms with Crippen molar-refractivity contribution in [1.82, 2.24) is 15.6 Å². The Morgan fingerprint density at radius 1 is 1.24 bits per heavy atom. The van der Waals surface area contributed by atoms with E-state index in [1.165, 1.54) is 6.20 Å². The molecule has 3 amide bonds. The lowest BCUT2D eigenvalue weighted by Gasteiger charge is -2.08. The smallest absolute Gasteiger partial charge is 0.319 e. The number of anilines is 1. The molecule has 116 valence electrons. The Hall–Kier alpha value is -2.31. The van der Waals surface area contributed by atoms with Gasteiger partial charge in [0.15, 0.2) is 6.61 Å². The summed E-state index contributed by atoms with van der Waals surface area (Å²) in [6, 6.07) is 2.97. The number of aromatic nitrogens is 1. The van der Waals surface area contributed by atoms with Crippen molar-refractivity contribution in [2.24, 2.45) is 0 Å². The van der Waals surface area contributed by atoms with E-state index in [2.05, 4.69) is 27.9 Å². The van der Waals surface area contributed by atoms with Gasteiger partial charge in [-0.25, -0.2) is 9.78 Å². The topological polar surface area (TPSA) is 92.4 Å². The summed E-state index contributed by atoms with van der Waals surface area (Å²) in [7, 11) is 0. The fraction of sp³-hybridized carbons (Fsp3) is 0.500. The lowest BCUT2D eigenvalue weighted by molar-refractivity contribution is -0.123. The zero-order valence-electron chi connectivity index (χ0n) is 12.4. The van der Waals surface area contributed by atoms with E-state index in [0.29, 0.717) is 24.7 Å². The minimum Gasteiger partial charge on any atom is -0.468 e. The highest BCUT2D eigenvalue weighted by Crippen LogP contribution is 2.11. The van der Waals surface area contributed by atoms with Crippen molar-refractivity contribution in [2.45, 2.75) is 26.7 Å². The first-order valence-corrected chi connectivity index (χ1v) is 7.06. The molecular weight excluding hydrogens is 272 g/mol. The van der Waals surface area contributed by atoms with Crippen LogP contribution in [0.1, 0.15) is 26.7 Å². The van der Waals surface area contributed by atoms with Gasteiger partial charge in [-0.05, 0) is 19.4 Å². The van der Waals surface area contributed by atoms with E-state index in [9.17, 15) is 9.59 Å². The molecule has 7 heteroatoms. The maximum Gasteiger partial charge on any atom is 0.319 e. The van der Waals surface area contributed by atoms with E-state index in [4.69, 9.17) is 4.74 Å². The van der Waals surface area contributed by atoms with Gasteiger partial charge >= 0.3 is 6.03 Å². The molecule has 0 aliphatic heterocycles. The van der Waals surface area contributed by atoms with Crippen molar-refractivity contribution in [3.05, 3.63) is 18.3 Å². The molecule has 1 heterocycles.